The molecule has 0 bridgehead atoms. The maximum Gasteiger partial charge on any atom is 0.306 e. The van der Waals surface area contributed by atoms with Gasteiger partial charge in [0, 0.05) is 12.8 Å². The van der Waals surface area contributed by atoms with Crippen molar-refractivity contribution in [1.29, 1.82) is 0 Å². The highest BCUT2D eigenvalue weighted by atomic mass is 31.2. The maximum atomic E-state index is 12.7. The van der Waals surface area contributed by atoms with Gasteiger partial charge in [0.15, 0.2) is 6.10 Å². The second-order valence-electron chi connectivity index (χ2n) is 19.2. The van der Waals surface area contributed by atoms with E-state index in [2.05, 4.69) is 86.8 Å². The fraction of sp³-hybridized carbons (Fsp3) is 0.724. The lowest BCUT2D eigenvalue weighted by Gasteiger charge is -2.28. The van der Waals surface area contributed by atoms with E-state index in [-0.39, 0.29) is 26.1 Å². The Morgan fingerprint density at radius 2 is 0.868 bits per heavy atom. The van der Waals surface area contributed by atoms with Gasteiger partial charge in [-0.25, -0.2) is 0 Å². The lowest BCUT2D eigenvalue weighted by Crippen LogP contribution is -2.37. The standard InChI is InChI=1S/C58H102NO8P/c1-6-8-10-12-14-16-18-20-22-24-26-27-28-29-30-31-33-34-36-38-40-42-44-46-48-50-57(60)64-54-56(55-66-68(62,63)65-53-52-59(3,4)5)67-58(61)51-49-47-45-43-41-39-37-35-32-25-23-21-19-17-15-13-11-9-7-2/h9,11,15,17,21,23-24,26,32,35,39,41,45,47,56H,6-8,10,12-14,16,18-20,22,25,27-31,33-34,36-38,40,42-44,46,48-55H2,1-5H3/b11-9-,17-15-,23-21-,26-24-,35-32-,41-39-,47-45-. The maximum absolute atomic E-state index is 12.7. The fourth-order valence-corrected chi connectivity index (χ4v) is 7.93. The number of likely N-dealkylation sites (N-methyl/N-ethyl adjacent to an activating group) is 1. The number of unbranched alkanes of at least 4 members (excludes halogenated alkanes) is 21. The number of quaternary nitrogens is 1. The van der Waals surface area contributed by atoms with E-state index < -0.39 is 32.5 Å². The van der Waals surface area contributed by atoms with Crippen LogP contribution in [-0.4, -0.2) is 70.0 Å². The number of allylic oxidation sites excluding steroid dienone is 14. The molecule has 0 aromatic heterocycles. The summed E-state index contributed by atoms with van der Waals surface area (Å²) in [6.07, 6.45) is 65.0. The lowest BCUT2D eigenvalue weighted by atomic mass is 10.0. The second kappa shape index (κ2) is 49.2. The molecule has 0 radical (unpaired) electrons. The van der Waals surface area contributed by atoms with Crippen molar-refractivity contribution in [3.8, 4) is 0 Å². The number of carbonyl (C=O) groups is 2. The summed E-state index contributed by atoms with van der Waals surface area (Å²) < 4.78 is 34.0. The number of phosphoric acid groups is 1. The summed E-state index contributed by atoms with van der Waals surface area (Å²) in [4.78, 5) is 37.7. The molecule has 0 N–H and O–H groups in total. The number of hydrogen-bond donors (Lipinski definition) is 0. The monoisotopic (exact) mass is 972 g/mol. The minimum Gasteiger partial charge on any atom is -0.756 e. The van der Waals surface area contributed by atoms with E-state index >= 15 is 0 Å². The largest absolute Gasteiger partial charge is 0.756 e. The van der Waals surface area contributed by atoms with Gasteiger partial charge in [0.05, 0.1) is 27.7 Å². The zero-order chi connectivity index (χ0) is 49.9. The van der Waals surface area contributed by atoms with Crippen LogP contribution in [-0.2, 0) is 32.7 Å². The molecule has 0 aliphatic rings. The summed E-state index contributed by atoms with van der Waals surface area (Å²) in [5, 5.41) is 0. The minimum atomic E-state index is -4.66. The smallest absolute Gasteiger partial charge is 0.306 e. The summed E-state index contributed by atoms with van der Waals surface area (Å²) in [7, 11) is 1.11. The average molecular weight is 972 g/mol. The zero-order valence-corrected chi connectivity index (χ0v) is 45.2. The van der Waals surface area contributed by atoms with Crippen LogP contribution in [0.5, 0.6) is 0 Å². The second-order valence-corrected chi connectivity index (χ2v) is 20.6. The first-order valence-corrected chi connectivity index (χ1v) is 28.8. The predicted octanol–water partition coefficient (Wildman–Crippen LogP) is 16.1. The van der Waals surface area contributed by atoms with Crippen molar-refractivity contribution in [1.82, 2.24) is 0 Å². The highest BCUT2D eigenvalue weighted by Crippen LogP contribution is 2.38. The van der Waals surface area contributed by atoms with Gasteiger partial charge in [0.25, 0.3) is 7.82 Å². The molecule has 0 fully saturated rings. The summed E-state index contributed by atoms with van der Waals surface area (Å²) in [6.45, 7) is 4.04. The van der Waals surface area contributed by atoms with Crippen LogP contribution in [0.3, 0.4) is 0 Å². The number of rotatable bonds is 49. The van der Waals surface area contributed by atoms with E-state index in [4.69, 9.17) is 18.5 Å². The topological polar surface area (TPSA) is 111 Å². The molecule has 0 aromatic carbocycles. The molecule has 0 saturated carbocycles. The van der Waals surface area contributed by atoms with Crippen LogP contribution in [0.15, 0.2) is 85.1 Å². The highest BCUT2D eigenvalue weighted by molar-refractivity contribution is 7.45. The van der Waals surface area contributed by atoms with Crippen LogP contribution in [0, 0.1) is 0 Å². The van der Waals surface area contributed by atoms with Gasteiger partial charge in [-0.3, -0.25) is 14.2 Å². The van der Waals surface area contributed by atoms with Crippen LogP contribution in [0.4, 0.5) is 0 Å². The molecular weight excluding hydrogens is 870 g/mol. The molecule has 0 heterocycles. The molecule has 0 amide bonds. The van der Waals surface area contributed by atoms with Crippen molar-refractivity contribution in [2.75, 3.05) is 47.5 Å². The summed E-state index contributed by atoms with van der Waals surface area (Å²) in [5.74, 6) is -0.932. The van der Waals surface area contributed by atoms with E-state index in [1.54, 1.807) is 0 Å². The molecule has 0 spiro atoms. The molecule has 10 heteroatoms. The van der Waals surface area contributed by atoms with E-state index in [1.165, 1.54) is 128 Å². The third kappa shape index (κ3) is 52.6. The van der Waals surface area contributed by atoms with Gasteiger partial charge in [0.2, 0.25) is 0 Å². The van der Waals surface area contributed by atoms with Crippen molar-refractivity contribution in [2.45, 2.75) is 225 Å². The molecule has 0 aliphatic carbocycles. The van der Waals surface area contributed by atoms with Crippen molar-refractivity contribution in [2.24, 2.45) is 0 Å². The van der Waals surface area contributed by atoms with Gasteiger partial charge in [-0.1, -0.05) is 214 Å². The molecule has 0 rings (SSSR count). The minimum absolute atomic E-state index is 0.0479. The lowest BCUT2D eigenvalue weighted by molar-refractivity contribution is -0.870. The van der Waals surface area contributed by atoms with Crippen LogP contribution in [0.2, 0.25) is 0 Å². The highest BCUT2D eigenvalue weighted by Gasteiger charge is 2.21. The number of esters is 2. The Labute approximate surface area is 418 Å². The zero-order valence-electron chi connectivity index (χ0n) is 44.3. The predicted molar refractivity (Wildman–Crippen MR) is 286 cm³/mol. The number of carbonyl (C=O) groups excluding carboxylic acids is 2. The Balaban J connectivity index is 4.27. The Hall–Kier alpha value is -2.81. The van der Waals surface area contributed by atoms with Crippen LogP contribution >= 0.6 is 7.82 Å². The van der Waals surface area contributed by atoms with Crippen LogP contribution < -0.4 is 4.89 Å². The number of ether oxygens (including phenoxy) is 2. The third-order valence-corrected chi connectivity index (χ3v) is 12.4. The first-order valence-electron chi connectivity index (χ1n) is 27.3. The van der Waals surface area contributed by atoms with Gasteiger partial charge >= 0.3 is 11.9 Å². The van der Waals surface area contributed by atoms with E-state index in [9.17, 15) is 19.0 Å². The molecular formula is C58H102NO8P. The molecule has 2 atom stereocenters. The SMILES string of the molecule is CC/C=C\C/C=C\C/C=C\C/C=C\C/C=C\C/C=C\CCC(=O)OC(COC(=O)CCCCCCCCCCCCCCC/C=C\CCCCCCCCCC)COP(=O)([O-])OCC[N+](C)(C)C. The Morgan fingerprint density at radius 1 is 0.471 bits per heavy atom. The number of hydrogen-bond acceptors (Lipinski definition) is 8. The van der Waals surface area contributed by atoms with Gasteiger partial charge in [-0.2, -0.15) is 0 Å². The Bertz CT molecular complexity index is 1420. The van der Waals surface area contributed by atoms with E-state index in [1.807, 2.05) is 33.3 Å². The van der Waals surface area contributed by atoms with Crippen molar-refractivity contribution in [3.63, 3.8) is 0 Å². The molecule has 2 unspecified atom stereocenters. The van der Waals surface area contributed by atoms with E-state index in [0.29, 0.717) is 17.4 Å². The summed E-state index contributed by atoms with van der Waals surface area (Å²) in [5.41, 5.74) is 0. The fourth-order valence-electron chi connectivity index (χ4n) is 7.21. The number of nitrogens with zero attached hydrogens (tertiary/aromatic N) is 1. The number of phosphoric ester groups is 1. The van der Waals surface area contributed by atoms with Gasteiger partial charge < -0.3 is 27.9 Å². The molecule has 9 nitrogen and oxygen atoms in total. The third-order valence-electron chi connectivity index (χ3n) is 11.4. The Morgan fingerprint density at radius 3 is 1.31 bits per heavy atom. The molecule has 0 aliphatic heterocycles. The van der Waals surface area contributed by atoms with Crippen molar-refractivity contribution < 1.29 is 42.1 Å². The molecule has 0 saturated heterocycles. The Kier molecular flexibility index (Phi) is 47.2. The van der Waals surface area contributed by atoms with Crippen molar-refractivity contribution in [3.05, 3.63) is 85.1 Å². The first-order chi connectivity index (χ1) is 33.0. The molecule has 392 valence electrons. The molecule has 68 heavy (non-hydrogen) atoms. The van der Waals surface area contributed by atoms with Gasteiger partial charge in [-0.15, -0.1) is 0 Å². The molecule has 0 aromatic rings. The quantitative estimate of drug-likeness (QED) is 0.0195. The normalized spacial score (nSPS) is 14.0. The van der Waals surface area contributed by atoms with Crippen LogP contribution in [0.1, 0.15) is 219 Å². The summed E-state index contributed by atoms with van der Waals surface area (Å²) >= 11 is 0. The average Bonchev–Trinajstić information content (AvgIpc) is 3.30. The van der Waals surface area contributed by atoms with Crippen LogP contribution in [0.25, 0.3) is 0 Å². The summed E-state index contributed by atoms with van der Waals surface area (Å²) in [6, 6.07) is 0. The first kappa shape index (κ1) is 65.2. The van der Waals surface area contributed by atoms with E-state index in [0.717, 1.165) is 57.8 Å². The van der Waals surface area contributed by atoms with Gasteiger partial charge in [0.1, 0.15) is 19.8 Å². The van der Waals surface area contributed by atoms with Crippen molar-refractivity contribution >= 4 is 19.8 Å². The van der Waals surface area contributed by atoms with Gasteiger partial charge in [-0.05, 0) is 77.0 Å².